The lowest BCUT2D eigenvalue weighted by atomic mass is 10.0. The maximum absolute atomic E-state index is 12.7. The zero-order chi connectivity index (χ0) is 20.4. The number of hydrogen-bond donors (Lipinski definition) is 4. The standard InChI is InChI=1S/C22H17N3O4/c26-14-10-11-18(27)16(12-14)21(28)25-20-22(29)23-17-9-5-4-8-15(17)19(24-20)13-6-2-1-3-7-13/h1-12,20,26-27H,(H,23,29)(H,25,28). The quantitative estimate of drug-likeness (QED) is 0.518. The summed E-state index contributed by atoms with van der Waals surface area (Å²) in [7, 11) is 0. The minimum Gasteiger partial charge on any atom is -0.508 e. The summed E-state index contributed by atoms with van der Waals surface area (Å²) in [5.41, 5.74) is 2.48. The first-order valence-corrected chi connectivity index (χ1v) is 8.89. The van der Waals surface area contributed by atoms with Crippen molar-refractivity contribution in [1.82, 2.24) is 5.32 Å². The van der Waals surface area contributed by atoms with Gasteiger partial charge in [0.1, 0.15) is 11.5 Å². The van der Waals surface area contributed by atoms with Gasteiger partial charge in [-0.25, -0.2) is 4.99 Å². The largest absolute Gasteiger partial charge is 0.508 e. The predicted molar refractivity (Wildman–Crippen MR) is 108 cm³/mol. The summed E-state index contributed by atoms with van der Waals surface area (Å²) >= 11 is 0. The lowest BCUT2D eigenvalue weighted by Crippen LogP contribution is -2.42. The predicted octanol–water partition coefficient (Wildman–Crippen LogP) is 2.64. The molecule has 4 N–H and O–H groups in total. The second-order valence-electron chi connectivity index (χ2n) is 6.46. The SMILES string of the molecule is O=C(NC1N=C(c2ccccc2)c2ccccc2NC1=O)c1cc(O)ccc1O. The van der Waals surface area contributed by atoms with Gasteiger partial charge in [0.15, 0.2) is 0 Å². The van der Waals surface area contributed by atoms with Crippen molar-refractivity contribution in [3.8, 4) is 11.5 Å². The third-order valence-corrected chi connectivity index (χ3v) is 4.49. The van der Waals surface area contributed by atoms with Gasteiger partial charge in [-0.1, -0.05) is 48.5 Å². The Morgan fingerprint density at radius 3 is 2.48 bits per heavy atom. The number of nitrogens with one attached hydrogen (secondary N) is 2. The molecule has 1 aliphatic rings. The summed E-state index contributed by atoms with van der Waals surface area (Å²) < 4.78 is 0. The Bertz CT molecular complexity index is 1130. The first-order chi connectivity index (χ1) is 14.0. The Kier molecular flexibility index (Phi) is 4.70. The number of aromatic hydroxyl groups is 2. The van der Waals surface area contributed by atoms with E-state index >= 15 is 0 Å². The monoisotopic (exact) mass is 387 g/mol. The van der Waals surface area contributed by atoms with E-state index in [-0.39, 0.29) is 17.1 Å². The van der Waals surface area contributed by atoms with Crippen molar-refractivity contribution in [2.24, 2.45) is 4.99 Å². The summed E-state index contributed by atoms with van der Waals surface area (Å²) in [5, 5.41) is 24.8. The molecule has 0 aliphatic carbocycles. The molecule has 3 aromatic carbocycles. The number of rotatable bonds is 3. The number of amides is 2. The molecule has 7 nitrogen and oxygen atoms in total. The van der Waals surface area contributed by atoms with Gasteiger partial charge in [0.05, 0.1) is 17.0 Å². The third kappa shape index (κ3) is 3.66. The molecular formula is C22H17N3O4. The van der Waals surface area contributed by atoms with E-state index in [0.29, 0.717) is 11.4 Å². The maximum Gasteiger partial charge on any atom is 0.269 e. The van der Waals surface area contributed by atoms with Crippen LogP contribution in [-0.4, -0.2) is 33.9 Å². The van der Waals surface area contributed by atoms with Crippen molar-refractivity contribution in [2.75, 3.05) is 5.32 Å². The number of anilines is 1. The van der Waals surface area contributed by atoms with E-state index in [1.807, 2.05) is 42.5 Å². The van der Waals surface area contributed by atoms with E-state index in [1.54, 1.807) is 12.1 Å². The summed E-state index contributed by atoms with van der Waals surface area (Å²) in [6, 6.07) is 20.1. The molecule has 144 valence electrons. The number of phenolic OH excluding ortho intramolecular Hbond substituents is 2. The Labute approximate surface area is 166 Å². The highest BCUT2D eigenvalue weighted by Crippen LogP contribution is 2.25. The number of benzene rings is 3. The maximum atomic E-state index is 12.7. The highest BCUT2D eigenvalue weighted by molar-refractivity contribution is 6.20. The van der Waals surface area contributed by atoms with E-state index in [1.165, 1.54) is 12.1 Å². The third-order valence-electron chi connectivity index (χ3n) is 4.49. The lowest BCUT2D eigenvalue weighted by molar-refractivity contribution is -0.117. The second-order valence-corrected chi connectivity index (χ2v) is 6.46. The molecule has 0 radical (unpaired) electrons. The number of fused-ring (bicyclic) bond motifs is 1. The Morgan fingerprint density at radius 2 is 1.69 bits per heavy atom. The fourth-order valence-electron chi connectivity index (χ4n) is 3.09. The van der Waals surface area contributed by atoms with Gasteiger partial charge < -0.3 is 20.8 Å². The molecule has 1 heterocycles. The fraction of sp³-hybridized carbons (Fsp3) is 0.0455. The number of aliphatic imine (C=N–C) groups is 1. The van der Waals surface area contributed by atoms with Crippen LogP contribution in [0.4, 0.5) is 5.69 Å². The molecule has 1 aliphatic heterocycles. The Morgan fingerprint density at radius 1 is 0.966 bits per heavy atom. The molecule has 1 unspecified atom stereocenters. The minimum atomic E-state index is -1.23. The lowest BCUT2D eigenvalue weighted by Gasteiger charge is -2.14. The van der Waals surface area contributed by atoms with Crippen LogP contribution >= 0.6 is 0 Å². The van der Waals surface area contributed by atoms with Crippen molar-refractivity contribution >= 4 is 23.2 Å². The molecule has 3 aromatic rings. The molecular weight excluding hydrogens is 370 g/mol. The van der Waals surface area contributed by atoms with Gasteiger partial charge in [-0.3, -0.25) is 9.59 Å². The molecule has 7 heteroatoms. The van der Waals surface area contributed by atoms with Gasteiger partial charge >= 0.3 is 0 Å². The molecule has 1 atom stereocenters. The summed E-state index contributed by atoms with van der Waals surface area (Å²) in [5.74, 6) is -1.75. The average molecular weight is 387 g/mol. The van der Waals surface area contributed by atoms with E-state index in [2.05, 4.69) is 15.6 Å². The van der Waals surface area contributed by atoms with Gasteiger partial charge in [-0.2, -0.15) is 0 Å². The molecule has 0 fully saturated rings. The zero-order valence-corrected chi connectivity index (χ0v) is 15.2. The number of phenols is 2. The number of para-hydroxylation sites is 1. The van der Waals surface area contributed by atoms with E-state index in [4.69, 9.17) is 0 Å². The highest BCUT2D eigenvalue weighted by Gasteiger charge is 2.28. The van der Waals surface area contributed by atoms with Crippen LogP contribution in [0.15, 0.2) is 77.8 Å². The molecule has 29 heavy (non-hydrogen) atoms. The summed E-state index contributed by atoms with van der Waals surface area (Å²) in [6.07, 6.45) is -1.23. The zero-order valence-electron chi connectivity index (χ0n) is 15.2. The number of hydrogen-bond acceptors (Lipinski definition) is 5. The van der Waals surface area contributed by atoms with Crippen molar-refractivity contribution in [2.45, 2.75) is 6.17 Å². The normalized spacial score (nSPS) is 15.5. The molecule has 0 spiro atoms. The summed E-state index contributed by atoms with van der Waals surface area (Å²) in [6.45, 7) is 0. The van der Waals surface area contributed by atoms with E-state index in [9.17, 15) is 19.8 Å². The van der Waals surface area contributed by atoms with Crippen molar-refractivity contribution in [3.63, 3.8) is 0 Å². The van der Waals surface area contributed by atoms with Crippen molar-refractivity contribution in [3.05, 3.63) is 89.5 Å². The second kappa shape index (κ2) is 7.47. The smallest absolute Gasteiger partial charge is 0.269 e. The fourth-order valence-corrected chi connectivity index (χ4v) is 3.09. The Balaban J connectivity index is 1.75. The number of carbonyl (C=O) groups is 2. The number of carbonyl (C=O) groups excluding carboxylic acids is 2. The van der Waals surface area contributed by atoms with Crippen LogP contribution < -0.4 is 10.6 Å². The van der Waals surface area contributed by atoms with Crippen LogP contribution in [0.3, 0.4) is 0 Å². The van der Waals surface area contributed by atoms with Gasteiger partial charge in [0.25, 0.3) is 11.8 Å². The van der Waals surface area contributed by atoms with Crippen LogP contribution in [0.25, 0.3) is 0 Å². The van der Waals surface area contributed by atoms with E-state index in [0.717, 1.165) is 17.2 Å². The van der Waals surface area contributed by atoms with Gasteiger partial charge in [0, 0.05) is 11.1 Å². The van der Waals surface area contributed by atoms with Crippen LogP contribution in [0.2, 0.25) is 0 Å². The first kappa shape index (κ1) is 18.2. The van der Waals surface area contributed by atoms with Crippen molar-refractivity contribution in [1.29, 1.82) is 0 Å². The van der Waals surface area contributed by atoms with Gasteiger partial charge in [-0.05, 0) is 24.3 Å². The van der Waals surface area contributed by atoms with Gasteiger partial charge in [0.2, 0.25) is 6.17 Å². The molecule has 0 aromatic heterocycles. The topological polar surface area (TPSA) is 111 Å². The highest BCUT2D eigenvalue weighted by atomic mass is 16.3. The van der Waals surface area contributed by atoms with Crippen LogP contribution in [-0.2, 0) is 4.79 Å². The van der Waals surface area contributed by atoms with Crippen molar-refractivity contribution < 1.29 is 19.8 Å². The van der Waals surface area contributed by atoms with E-state index < -0.39 is 18.0 Å². The molecule has 4 rings (SSSR count). The summed E-state index contributed by atoms with van der Waals surface area (Å²) in [4.78, 5) is 29.9. The molecule has 0 saturated heterocycles. The van der Waals surface area contributed by atoms with Crippen LogP contribution in [0.1, 0.15) is 21.5 Å². The molecule has 0 saturated carbocycles. The minimum absolute atomic E-state index is 0.156. The molecule has 2 amide bonds. The van der Waals surface area contributed by atoms with Crippen LogP contribution in [0.5, 0.6) is 11.5 Å². The van der Waals surface area contributed by atoms with Crippen LogP contribution in [0, 0.1) is 0 Å². The number of benzodiazepines with no additional fused rings is 1. The first-order valence-electron chi connectivity index (χ1n) is 8.89. The molecule has 0 bridgehead atoms. The van der Waals surface area contributed by atoms with Gasteiger partial charge in [-0.15, -0.1) is 0 Å². The number of nitrogens with zero attached hydrogens (tertiary/aromatic N) is 1. The average Bonchev–Trinajstić information content (AvgIpc) is 2.87. The Hall–Kier alpha value is -4.13.